The Morgan fingerprint density at radius 3 is 2.83 bits per heavy atom. The molecule has 1 unspecified atom stereocenters. The van der Waals surface area contributed by atoms with E-state index in [1.807, 2.05) is 6.07 Å². The van der Waals surface area contributed by atoms with Crippen LogP contribution in [0.5, 0.6) is 0 Å². The Kier molecular flexibility index (Phi) is 4.60. The normalized spacial score (nSPS) is 18.7. The Morgan fingerprint density at radius 2 is 2.22 bits per heavy atom. The van der Waals surface area contributed by atoms with Crippen molar-refractivity contribution < 1.29 is 9.50 Å². The van der Waals surface area contributed by atoms with Crippen LogP contribution in [0, 0.1) is 11.7 Å². The Labute approximate surface area is 112 Å². The molecule has 2 rings (SSSR count). The minimum Gasteiger partial charge on any atom is -0.378 e. The molecular weight excluding hydrogens is 253 g/mol. The molecule has 1 aliphatic heterocycles. The zero-order valence-corrected chi connectivity index (χ0v) is 11.3. The van der Waals surface area contributed by atoms with E-state index < -0.39 is 0 Å². The molecule has 1 heterocycles. The number of rotatable bonds is 5. The van der Waals surface area contributed by atoms with Crippen molar-refractivity contribution in [2.75, 3.05) is 13.1 Å². The molecule has 1 aliphatic rings. The molecule has 0 saturated carbocycles. The summed E-state index contributed by atoms with van der Waals surface area (Å²) in [6.45, 7) is 3.85. The summed E-state index contributed by atoms with van der Waals surface area (Å²) in [4.78, 5) is 2.07. The van der Waals surface area contributed by atoms with Crippen LogP contribution in [0.2, 0.25) is 5.02 Å². The minimum atomic E-state index is -0.351. The summed E-state index contributed by atoms with van der Waals surface area (Å²) in [5, 5.41) is 9.96. The molecule has 0 aromatic heterocycles. The number of aliphatic hydroxyl groups excluding tert-OH is 1. The lowest BCUT2D eigenvalue weighted by molar-refractivity contribution is -0.0684. The summed E-state index contributed by atoms with van der Waals surface area (Å²) in [5.41, 5.74) is 0.978. The number of hydrogen-bond acceptors (Lipinski definition) is 2. The summed E-state index contributed by atoms with van der Waals surface area (Å²) in [6, 6.07) is 4.98. The van der Waals surface area contributed by atoms with Crippen molar-refractivity contribution >= 4 is 11.6 Å². The highest BCUT2D eigenvalue weighted by molar-refractivity contribution is 6.30. The van der Waals surface area contributed by atoms with Gasteiger partial charge >= 0.3 is 0 Å². The number of likely N-dealkylation sites (tertiary alicyclic amines) is 1. The average Bonchev–Trinajstić information content (AvgIpc) is 2.28. The topological polar surface area (TPSA) is 23.5 Å². The smallest absolute Gasteiger partial charge is 0.142 e. The summed E-state index contributed by atoms with van der Waals surface area (Å²) in [7, 11) is 0. The Morgan fingerprint density at radius 1 is 1.50 bits per heavy atom. The van der Waals surface area contributed by atoms with Gasteiger partial charge in [-0.25, -0.2) is 4.39 Å². The number of aliphatic hydroxyl groups is 1. The molecular formula is C14H19ClFNO. The fourth-order valence-electron chi connectivity index (χ4n) is 2.42. The van der Waals surface area contributed by atoms with E-state index in [1.54, 1.807) is 6.07 Å². The molecule has 1 atom stereocenters. The molecule has 0 amide bonds. The van der Waals surface area contributed by atoms with Gasteiger partial charge in [0.1, 0.15) is 12.0 Å². The lowest BCUT2D eigenvalue weighted by Crippen LogP contribution is -2.52. The van der Waals surface area contributed by atoms with Gasteiger partial charge < -0.3 is 5.11 Å². The van der Waals surface area contributed by atoms with Crippen LogP contribution in [0.1, 0.15) is 25.3 Å². The second-order valence-electron chi connectivity index (χ2n) is 5.04. The summed E-state index contributed by atoms with van der Waals surface area (Å²) in [5.74, 6) is 0.161. The molecule has 0 spiro atoms. The van der Waals surface area contributed by atoms with Crippen LogP contribution in [-0.4, -0.2) is 29.3 Å². The van der Waals surface area contributed by atoms with Crippen molar-refractivity contribution in [3.05, 3.63) is 34.6 Å². The van der Waals surface area contributed by atoms with Gasteiger partial charge in [-0.15, -0.1) is 0 Å². The molecule has 1 fully saturated rings. The molecule has 2 nitrogen and oxygen atoms in total. The third-order valence-electron chi connectivity index (χ3n) is 3.46. The quantitative estimate of drug-likeness (QED) is 0.890. The van der Waals surface area contributed by atoms with E-state index in [0.717, 1.165) is 37.9 Å². The zero-order valence-electron chi connectivity index (χ0n) is 10.6. The molecule has 4 heteroatoms. The van der Waals surface area contributed by atoms with E-state index in [4.69, 9.17) is 11.6 Å². The molecule has 0 aliphatic carbocycles. The first-order valence-corrected chi connectivity index (χ1v) is 6.84. The highest BCUT2D eigenvalue weighted by Gasteiger charge is 2.30. The van der Waals surface area contributed by atoms with Gasteiger partial charge in [-0.2, -0.15) is 0 Å². The Bertz CT molecular complexity index is 407. The monoisotopic (exact) mass is 271 g/mol. The number of halogens is 2. The van der Waals surface area contributed by atoms with E-state index in [1.165, 1.54) is 6.07 Å². The van der Waals surface area contributed by atoms with Crippen LogP contribution < -0.4 is 0 Å². The molecule has 1 saturated heterocycles. The Hall–Kier alpha value is -0.640. The molecule has 18 heavy (non-hydrogen) atoms. The van der Waals surface area contributed by atoms with Gasteiger partial charge in [-0.3, -0.25) is 4.90 Å². The van der Waals surface area contributed by atoms with Crippen LogP contribution in [0.15, 0.2) is 18.2 Å². The lowest BCUT2D eigenvalue weighted by atomic mass is 9.91. The third kappa shape index (κ3) is 3.22. The standard InChI is InChI=1S/C14H19ClFNO/c1-2-3-14(18)17-8-11(9-17)6-10-4-5-12(15)13(16)7-10/h4-5,7,11,14,18H,2-3,6,8-9H2,1H3. The van der Waals surface area contributed by atoms with Gasteiger partial charge in [0.2, 0.25) is 0 Å². The van der Waals surface area contributed by atoms with Crippen LogP contribution in [0.3, 0.4) is 0 Å². The molecule has 1 aromatic rings. The summed E-state index contributed by atoms with van der Waals surface area (Å²) < 4.78 is 13.3. The zero-order chi connectivity index (χ0) is 13.1. The molecule has 1 aromatic carbocycles. The maximum absolute atomic E-state index is 13.3. The first kappa shape index (κ1) is 13.8. The maximum Gasteiger partial charge on any atom is 0.142 e. The van der Waals surface area contributed by atoms with Gasteiger partial charge in [0.15, 0.2) is 0 Å². The fourth-order valence-corrected chi connectivity index (χ4v) is 2.54. The first-order chi connectivity index (χ1) is 8.60. The average molecular weight is 272 g/mol. The van der Waals surface area contributed by atoms with E-state index in [9.17, 15) is 9.50 Å². The van der Waals surface area contributed by atoms with Crippen LogP contribution in [0.4, 0.5) is 4.39 Å². The van der Waals surface area contributed by atoms with Gasteiger partial charge in [-0.05, 0) is 36.5 Å². The predicted octanol–water partition coefficient (Wildman–Crippen LogP) is 3.07. The molecule has 0 bridgehead atoms. The summed E-state index contributed by atoms with van der Waals surface area (Å²) >= 11 is 5.65. The Balaban J connectivity index is 1.81. The molecule has 1 N–H and O–H groups in total. The maximum atomic E-state index is 13.3. The summed E-state index contributed by atoms with van der Waals surface area (Å²) in [6.07, 6.45) is 2.35. The number of nitrogens with zero attached hydrogens (tertiary/aromatic N) is 1. The van der Waals surface area contributed by atoms with Crippen molar-refractivity contribution in [2.45, 2.75) is 32.4 Å². The lowest BCUT2D eigenvalue weighted by Gasteiger charge is -2.42. The van der Waals surface area contributed by atoms with Crippen molar-refractivity contribution in [1.82, 2.24) is 4.90 Å². The first-order valence-electron chi connectivity index (χ1n) is 6.46. The fraction of sp³-hybridized carbons (Fsp3) is 0.571. The SMILES string of the molecule is CCCC(O)N1CC(Cc2ccc(Cl)c(F)c2)C1. The van der Waals surface area contributed by atoms with Crippen molar-refractivity contribution in [2.24, 2.45) is 5.92 Å². The number of benzene rings is 1. The second kappa shape index (κ2) is 6.00. The van der Waals surface area contributed by atoms with Crippen LogP contribution in [0.25, 0.3) is 0 Å². The van der Waals surface area contributed by atoms with Gasteiger partial charge in [0.25, 0.3) is 0 Å². The highest BCUT2D eigenvalue weighted by atomic mass is 35.5. The van der Waals surface area contributed by atoms with Gasteiger partial charge in [-0.1, -0.05) is 31.0 Å². The van der Waals surface area contributed by atoms with E-state index in [2.05, 4.69) is 11.8 Å². The van der Waals surface area contributed by atoms with E-state index in [0.29, 0.717) is 5.92 Å². The minimum absolute atomic E-state index is 0.173. The predicted molar refractivity (Wildman–Crippen MR) is 71.1 cm³/mol. The van der Waals surface area contributed by atoms with Crippen molar-refractivity contribution in [3.63, 3.8) is 0 Å². The van der Waals surface area contributed by atoms with Gasteiger partial charge in [0, 0.05) is 13.1 Å². The third-order valence-corrected chi connectivity index (χ3v) is 3.77. The van der Waals surface area contributed by atoms with Crippen LogP contribution >= 0.6 is 11.6 Å². The van der Waals surface area contributed by atoms with Crippen LogP contribution in [-0.2, 0) is 6.42 Å². The number of hydrogen-bond donors (Lipinski definition) is 1. The van der Waals surface area contributed by atoms with Crippen molar-refractivity contribution in [3.8, 4) is 0 Å². The molecule has 100 valence electrons. The highest BCUT2D eigenvalue weighted by Crippen LogP contribution is 2.25. The molecule has 0 radical (unpaired) electrons. The van der Waals surface area contributed by atoms with E-state index in [-0.39, 0.29) is 17.1 Å². The second-order valence-corrected chi connectivity index (χ2v) is 5.45. The van der Waals surface area contributed by atoms with Gasteiger partial charge in [0.05, 0.1) is 5.02 Å². The van der Waals surface area contributed by atoms with E-state index >= 15 is 0 Å². The largest absolute Gasteiger partial charge is 0.378 e. The van der Waals surface area contributed by atoms with Crippen molar-refractivity contribution in [1.29, 1.82) is 0 Å².